The second kappa shape index (κ2) is 6.05. The lowest BCUT2D eigenvalue weighted by Gasteiger charge is -2.22. The van der Waals surface area contributed by atoms with Crippen molar-refractivity contribution in [2.45, 2.75) is 18.4 Å². The molecule has 0 fully saturated rings. The standard InChI is InChI=1S/C19H22N2O2/c1-21(2)17-9-7-14(8-10-17)18(22)20-13-19(23)11-15-5-3-4-6-16(15)12-19/h3-10,23H,11-13H2,1-2H3,(H,20,22). The molecule has 0 radical (unpaired) electrons. The van der Waals surface area contributed by atoms with Crippen LogP contribution in [0.4, 0.5) is 5.69 Å². The van der Waals surface area contributed by atoms with Gasteiger partial charge in [-0.2, -0.15) is 0 Å². The van der Waals surface area contributed by atoms with Gasteiger partial charge in [0.2, 0.25) is 0 Å². The van der Waals surface area contributed by atoms with Gasteiger partial charge in [0.25, 0.3) is 5.91 Å². The molecule has 0 aromatic heterocycles. The highest BCUT2D eigenvalue weighted by Gasteiger charge is 2.35. The van der Waals surface area contributed by atoms with Crippen LogP contribution in [0, 0.1) is 0 Å². The second-order valence-electron chi connectivity index (χ2n) is 6.47. The average molecular weight is 310 g/mol. The Balaban J connectivity index is 1.61. The summed E-state index contributed by atoms with van der Waals surface area (Å²) in [5.41, 5.74) is 3.10. The van der Waals surface area contributed by atoms with E-state index < -0.39 is 5.60 Å². The highest BCUT2D eigenvalue weighted by Crippen LogP contribution is 2.29. The number of aliphatic hydroxyl groups is 1. The molecule has 0 unspecified atom stereocenters. The molecule has 2 aromatic carbocycles. The fourth-order valence-electron chi connectivity index (χ4n) is 3.06. The number of fused-ring (bicyclic) bond motifs is 1. The van der Waals surface area contributed by atoms with E-state index in [1.807, 2.05) is 55.4 Å². The zero-order valence-corrected chi connectivity index (χ0v) is 13.5. The summed E-state index contributed by atoms with van der Waals surface area (Å²) in [4.78, 5) is 14.2. The normalized spacial score (nSPS) is 15.1. The number of carbonyl (C=O) groups is 1. The summed E-state index contributed by atoms with van der Waals surface area (Å²) in [7, 11) is 3.92. The highest BCUT2D eigenvalue weighted by atomic mass is 16.3. The Labute approximate surface area is 136 Å². The maximum Gasteiger partial charge on any atom is 0.251 e. The molecule has 0 heterocycles. The molecule has 3 rings (SSSR count). The zero-order valence-electron chi connectivity index (χ0n) is 13.5. The van der Waals surface area contributed by atoms with Gasteiger partial charge < -0.3 is 15.3 Å². The van der Waals surface area contributed by atoms with E-state index in [0.717, 1.165) is 5.69 Å². The van der Waals surface area contributed by atoms with Gasteiger partial charge in [-0.1, -0.05) is 24.3 Å². The summed E-state index contributed by atoms with van der Waals surface area (Å²) in [5.74, 6) is -0.153. The number of carbonyl (C=O) groups excluding carboxylic acids is 1. The molecule has 4 heteroatoms. The number of nitrogens with zero attached hydrogens (tertiary/aromatic N) is 1. The van der Waals surface area contributed by atoms with Crippen molar-refractivity contribution in [3.05, 3.63) is 65.2 Å². The molecule has 0 spiro atoms. The number of anilines is 1. The third-order valence-corrected chi connectivity index (χ3v) is 4.38. The van der Waals surface area contributed by atoms with E-state index in [1.165, 1.54) is 11.1 Å². The zero-order chi connectivity index (χ0) is 16.4. The van der Waals surface area contributed by atoms with E-state index in [1.54, 1.807) is 12.1 Å². The molecule has 1 aliphatic rings. The molecule has 0 atom stereocenters. The second-order valence-corrected chi connectivity index (χ2v) is 6.47. The van der Waals surface area contributed by atoms with Crippen molar-refractivity contribution in [2.75, 3.05) is 25.5 Å². The minimum absolute atomic E-state index is 0.153. The lowest BCUT2D eigenvalue weighted by Crippen LogP contribution is -2.43. The molecular formula is C19H22N2O2. The monoisotopic (exact) mass is 310 g/mol. The van der Waals surface area contributed by atoms with Gasteiger partial charge in [0.15, 0.2) is 0 Å². The highest BCUT2D eigenvalue weighted by molar-refractivity contribution is 5.94. The molecule has 0 saturated heterocycles. The van der Waals surface area contributed by atoms with E-state index in [2.05, 4.69) is 5.32 Å². The van der Waals surface area contributed by atoms with Crippen molar-refractivity contribution in [3.63, 3.8) is 0 Å². The quantitative estimate of drug-likeness (QED) is 0.908. The summed E-state index contributed by atoms with van der Waals surface area (Å²) >= 11 is 0. The predicted octanol–water partition coefficient (Wildman–Crippen LogP) is 2.01. The molecule has 4 nitrogen and oxygen atoms in total. The molecule has 1 aliphatic carbocycles. The van der Waals surface area contributed by atoms with E-state index in [-0.39, 0.29) is 12.5 Å². The molecule has 2 N–H and O–H groups in total. The summed E-state index contributed by atoms with van der Waals surface area (Å²) in [6, 6.07) is 15.5. The minimum Gasteiger partial charge on any atom is -0.387 e. The van der Waals surface area contributed by atoms with Gasteiger partial charge in [-0.3, -0.25) is 4.79 Å². The maximum absolute atomic E-state index is 12.3. The number of rotatable bonds is 4. The molecule has 1 amide bonds. The van der Waals surface area contributed by atoms with Gasteiger partial charge in [0.05, 0.1) is 5.60 Å². The van der Waals surface area contributed by atoms with Gasteiger partial charge in [0, 0.05) is 44.7 Å². The molecule has 120 valence electrons. The third kappa shape index (κ3) is 3.37. The van der Waals surface area contributed by atoms with E-state index in [9.17, 15) is 9.90 Å². The van der Waals surface area contributed by atoms with Gasteiger partial charge >= 0.3 is 0 Å². The topological polar surface area (TPSA) is 52.6 Å². The largest absolute Gasteiger partial charge is 0.387 e. The van der Waals surface area contributed by atoms with Gasteiger partial charge in [-0.25, -0.2) is 0 Å². The van der Waals surface area contributed by atoms with Crippen LogP contribution in [0.2, 0.25) is 0 Å². The van der Waals surface area contributed by atoms with Crippen molar-refractivity contribution in [1.82, 2.24) is 5.32 Å². The average Bonchev–Trinajstić information content (AvgIpc) is 2.89. The van der Waals surface area contributed by atoms with Crippen LogP contribution in [-0.2, 0) is 12.8 Å². The Hall–Kier alpha value is -2.33. The Kier molecular flexibility index (Phi) is 4.09. The van der Waals surface area contributed by atoms with Gasteiger partial charge in [-0.05, 0) is 35.4 Å². The van der Waals surface area contributed by atoms with Crippen LogP contribution in [0.3, 0.4) is 0 Å². The molecule has 23 heavy (non-hydrogen) atoms. The molecule has 0 saturated carbocycles. The van der Waals surface area contributed by atoms with E-state index >= 15 is 0 Å². The number of hydrogen-bond donors (Lipinski definition) is 2. The predicted molar refractivity (Wildman–Crippen MR) is 91.9 cm³/mol. The third-order valence-electron chi connectivity index (χ3n) is 4.38. The van der Waals surface area contributed by atoms with E-state index in [4.69, 9.17) is 0 Å². The Morgan fingerprint density at radius 2 is 1.65 bits per heavy atom. The van der Waals surface area contributed by atoms with Crippen LogP contribution >= 0.6 is 0 Å². The number of amides is 1. The first kappa shape index (κ1) is 15.6. The van der Waals surface area contributed by atoms with Crippen molar-refractivity contribution in [2.24, 2.45) is 0 Å². The Morgan fingerprint density at radius 3 is 2.17 bits per heavy atom. The first-order chi connectivity index (χ1) is 11.0. The summed E-state index contributed by atoms with van der Waals surface area (Å²) in [6.07, 6.45) is 1.17. The van der Waals surface area contributed by atoms with Crippen LogP contribution in [-0.4, -0.2) is 37.3 Å². The fraction of sp³-hybridized carbons (Fsp3) is 0.316. The van der Waals surface area contributed by atoms with Crippen LogP contribution in [0.5, 0.6) is 0 Å². The van der Waals surface area contributed by atoms with Crippen molar-refractivity contribution >= 4 is 11.6 Å². The lowest BCUT2D eigenvalue weighted by atomic mass is 10.0. The van der Waals surface area contributed by atoms with Crippen LogP contribution in [0.1, 0.15) is 21.5 Å². The smallest absolute Gasteiger partial charge is 0.251 e. The van der Waals surface area contributed by atoms with Crippen molar-refractivity contribution in [1.29, 1.82) is 0 Å². The van der Waals surface area contributed by atoms with Crippen molar-refractivity contribution < 1.29 is 9.90 Å². The fourth-order valence-corrected chi connectivity index (χ4v) is 3.06. The molecule has 0 bridgehead atoms. The molecule has 0 aliphatic heterocycles. The lowest BCUT2D eigenvalue weighted by molar-refractivity contribution is 0.0480. The minimum atomic E-state index is -0.886. The van der Waals surface area contributed by atoms with Crippen LogP contribution in [0.25, 0.3) is 0 Å². The van der Waals surface area contributed by atoms with Gasteiger partial charge in [-0.15, -0.1) is 0 Å². The first-order valence-electron chi connectivity index (χ1n) is 7.82. The van der Waals surface area contributed by atoms with Crippen LogP contribution < -0.4 is 10.2 Å². The Bertz CT molecular complexity index is 683. The molecular weight excluding hydrogens is 288 g/mol. The number of benzene rings is 2. The Morgan fingerprint density at radius 1 is 1.09 bits per heavy atom. The van der Waals surface area contributed by atoms with E-state index in [0.29, 0.717) is 18.4 Å². The number of hydrogen-bond acceptors (Lipinski definition) is 3. The maximum atomic E-state index is 12.3. The van der Waals surface area contributed by atoms with Crippen LogP contribution in [0.15, 0.2) is 48.5 Å². The molecule has 2 aromatic rings. The summed E-state index contributed by atoms with van der Waals surface area (Å²) < 4.78 is 0. The summed E-state index contributed by atoms with van der Waals surface area (Å²) in [5, 5.41) is 13.6. The van der Waals surface area contributed by atoms with Gasteiger partial charge in [0.1, 0.15) is 0 Å². The first-order valence-corrected chi connectivity index (χ1v) is 7.82. The summed E-state index contributed by atoms with van der Waals surface area (Å²) in [6.45, 7) is 0.260. The SMILES string of the molecule is CN(C)c1ccc(C(=O)NCC2(O)Cc3ccccc3C2)cc1. The number of nitrogens with one attached hydrogen (secondary N) is 1. The van der Waals surface area contributed by atoms with Crippen molar-refractivity contribution in [3.8, 4) is 0 Å².